The molecule has 0 spiro atoms. The largest absolute Gasteiger partial charge is 0.327 e. The van der Waals surface area contributed by atoms with Crippen LogP contribution in [0.5, 0.6) is 0 Å². The smallest absolute Gasteiger partial charge is 0.272 e. The van der Waals surface area contributed by atoms with Crippen LogP contribution in [0.4, 0.5) is 0 Å². The fourth-order valence-corrected chi connectivity index (χ4v) is 1.27. The molecule has 1 aromatic rings. The topological polar surface area (TPSA) is 61.9 Å². The second kappa shape index (κ2) is 4.60. The molecule has 1 aromatic heterocycles. The molecule has 1 amide bonds. The van der Waals surface area contributed by atoms with Crippen LogP contribution in [0.3, 0.4) is 0 Å². The second-order valence-electron chi connectivity index (χ2n) is 3.32. The number of nitriles is 1. The number of aryl methyl sites for hydroxylation is 2. The van der Waals surface area contributed by atoms with E-state index in [0.717, 1.165) is 12.1 Å². The molecule has 1 rings (SSSR count). The third kappa shape index (κ3) is 2.34. The molecule has 5 nitrogen and oxygen atoms in total. The second-order valence-corrected chi connectivity index (χ2v) is 3.32. The summed E-state index contributed by atoms with van der Waals surface area (Å²) >= 11 is 0. The van der Waals surface area contributed by atoms with Crippen molar-refractivity contribution in [1.82, 2.24) is 14.7 Å². The van der Waals surface area contributed by atoms with E-state index in [2.05, 4.69) is 5.10 Å². The number of nitrogens with zero attached hydrogens (tertiary/aromatic N) is 4. The van der Waals surface area contributed by atoms with Gasteiger partial charge in [-0.3, -0.25) is 9.48 Å². The molecular formula is C10H14N4O. The number of aromatic nitrogens is 2. The number of hydrogen-bond acceptors (Lipinski definition) is 3. The Morgan fingerprint density at radius 2 is 2.40 bits per heavy atom. The van der Waals surface area contributed by atoms with Crippen molar-refractivity contribution in [3.8, 4) is 6.07 Å². The number of carbonyl (C=O) groups is 1. The predicted octanol–water partition coefficient (Wildman–Crippen LogP) is 0.578. The Balaban J connectivity index is 2.91. The molecule has 0 aliphatic rings. The summed E-state index contributed by atoms with van der Waals surface area (Å²) in [5.41, 5.74) is 1.40. The van der Waals surface area contributed by atoms with Crippen molar-refractivity contribution in [2.75, 3.05) is 13.6 Å². The maximum Gasteiger partial charge on any atom is 0.272 e. The van der Waals surface area contributed by atoms with E-state index >= 15 is 0 Å². The van der Waals surface area contributed by atoms with Gasteiger partial charge in [0.25, 0.3) is 5.91 Å². The molecule has 0 radical (unpaired) electrons. The normalized spacial score (nSPS) is 9.73. The Kier molecular flexibility index (Phi) is 3.45. The Morgan fingerprint density at radius 1 is 1.73 bits per heavy atom. The van der Waals surface area contributed by atoms with E-state index < -0.39 is 0 Å². The predicted molar refractivity (Wildman–Crippen MR) is 55.2 cm³/mol. The van der Waals surface area contributed by atoms with Crippen molar-refractivity contribution in [3.05, 3.63) is 17.5 Å². The van der Waals surface area contributed by atoms with Crippen LogP contribution < -0.4 is 0 Å². The standard InChI is InChI=1S/C10H14N4O/c1-4-8-7-9(14(3)12-8)10(15)13(2)6-5-11/h7H,4,6H2,1-3H3. The average Bonchev–Trinajstić information content (AvgIpc) is 2.59. The SMILES string of the molecule is CCc1cc(C(=O)N(C)CC#N)n(C)n1. The zero-order valence-corrected chi connectivity index (χ0v) is 9.19. The number of carbonyl (C=O) groups excluding carboxylic acids is 1. The van der Waals surface area contributed by atoms with Gasteiger partial charge < -0.3 is 4.90 Å². The molecule has 15 heavy (non-hydrogen) atoms. The minimum absolute atomic E-state index is 0.0888. The molecule has 80 valence electrons. The highest BCUT2D eigenvalue weighted by molar-refractivity contribution is 5.92. The average molecular weight is 206 g/mol. The van der Waals surface area contributed by atoms with Gasteiger partial charge in [0.05, 0.1) is 11.8 Å². The van der Waals surface area contributed by atoms with Gasteiger partial charge in [-0.1, -0.05) is 6.92 Å². The summed E-state index contributed by atoms with van der Waals surface area (Å²) < 4.78 is 1.55. The zero-order valence-electron chi connectivity index (χ0n) is 9.19. The molecule has 5 heteroatoms. The van der Waals surface area contributed by atoms with Gasteiger partial charge in [0.1, 0.15) is 12.2 Å². The van der Waals surface area contributed by atoms with Crippen LogP contribution in [0.1, 0.15) is 23.1 Å². The minimum Gasteiger partial charge on any atom is -0.327 e. The Labute approximate surface area is 88.9 Å². The maximum atomic E-state index is 11.8. The summed E-state index contributed by atoms with van der Waals surface area (Å²) in [7, 11) is 3.33. The van der Waals surface area contributed by atoms with Gasteiger partial charge in [-0.25, -0.2) is 0 Å². The van der Waals surface area contributed by atoms with Gasteiger partial charge in [0, 0.05) is 14.1 Å². The van der Waals surface area contributed by atoms with Crippen LogP contribution in [-0.4, -0.2) is 34.2 Å². The molecule has 0 saturated carbocycles. The molecule has 0 N–H and O–H groups in total. The summed E-state index contributed by atoms with van der Waals surface area (Å²) in [6, 6.07) is 3.69. The van der Waals surface area contributed by atoms with Gasteiger partial charge in [-0.15, -0.1) is 0 Å². The van der Waals surface area contributed by atoms with E-state index in [1.807, 2.05) is 13.0 Å². The van der Waals surface area contributed by atoms with E-state index in [1.54, 1.807) is 24.8 Å². The van der Waals surface area contributed by atoms with Crippen LogP contribution in [0.2, 0.25) is 0 Å². The fraction of sp³-hybridized carbons (Fsp3) is 0.500. The minimum atomic E-state index is -0.175. The first-order valence-corrected chi connectivity index (χ1v) is 4.75. The van der Waals surface area contributed by atoms with Crippen molar-refractivity contribution in [1.29, 1.82) is 5.26 Å². The molecule has 0 saturated heterocycles. The van der Waals surface area contributed by atoms with E-state index in [1.165, 1.54) is 4.90 Å². The van der Waals surface area contributed by atoms with Crippen molar-refractivity contribution < 1.29 is 4.79 Å². The highest BCUT2D eigenvalue weighted by Crippen LogP contribution is 2.06. The van der Waals surface area contributed by atoms with Crippen LogP contribution in [-0.2, 0) is 13.5 Å². The molecular weight excluding hydrogens is 192 g/mol. The van der Waals surface area contributed by atoms with E-state index in [9.17, 15) is 4.79 Å². The highest BCUT2D eigenvalue weighted by Gasteiger charge is 2.16. The first-order valence-electron chi connectivity index (χ1n) is 4.75. The van der Waals surface area contributed by atoms with Gasteiger partial charge in [-0.05, 0) is 12.5 Å². The Bertz CT molecular complexity index is 402. The first kappa shape index (κ1) is 11.2. The molecule has 0 aliphatic heterocycles. The van der Waals surface area contributed by atoms with Crippen LogP contribution in [0.25, 0.3) is 0 Å². The van der Waals surface area contributed by atoms with E-state index in [4.69, 9.17) is 5.26 Å². The lowest BCUT2D eigenvalue weighted by atomic mass is 10.3. The summed E-state index contributed by atoms with van der Waals surface area (Å²) in [6.45, 7) is 2.07. The highest BCUT2D eigenvalue weighted by atomic mass is 16.2. The van der Waals surface area contributed by atoms with Crippen LogP contribution >= 0.6 is 0 Å². The summed E-state index contributed by atoms with van der Waals surface area (Å²) in [5, 5.41) is 12.7. The van der Waals surface area contributed by atoms with E-state index in [0.29, 0.717) is 5.69 Å². The molecule has 0 aromatic carbocycles. The molecule has 0 fully saturated rings. The molecule has 1 heterocycles. The van der Waals surface area contributed by atoms with Gasteiger partial charge >= 0.3 is 0 Å². The zero-order chi connectivity index (χ0) is 11.4. The van der Waals surface area contributed by atoms with Gasteiger partial charge in [-0.2, -0.15) is 10.4 Å². The van der Waals surface area contributed by atoms with Crippen molar-refractivity contribution in [2.45, 2.75) is 13.3 Å². The van der Waals surface area contributed by atoms with Crippen molar-refractivity contribution in [3.63, 3.8) is 0 Å². The molecule has 0 unspecified atom stereocenters. The summed E-state index contributed by atoms with van der Waals surface area (Å²) in [6.07, 6.45) is 0.795. The first-order chi connectivity index (χ1) is 7.10. The lowest BCUT2D eigenvalue weighted by Crippen LogP contribution is -2.28. The number of amides is 1. The monoisotopic (exact) mass is 206 g/mol. The fourth-order valence-electron chi connectivity index (χ4n) is 1.27. The maximum absolute atomic E-state index is 11.8. The van der Waals surface area contributed by atoms with Crippen LogP contribution in [0, 0.1) is 11.3 Å². The number of rotatable bonds is 3. The lowest BCUT2D eigenvalue weighted by molar-refractivity contribution is 0.0801. The van der Waals surface area contributed by atoms with Crippen molar-refractivity contribution >= 4 is 5.91 Å². The quantitative estimate of drug-likeness (QED) is 0.679. The summed E-state index contributed by atoms with van der Waals surface area (Å²) in [5.74, 6) is -0.175. The lowest BCUT2D eigenvalue weighted by Gasteiger charge is -2.12. The molecule has 0 aliphatic carbocycles. The van der Waals surface area contributed by atoms with Crippen molar-refractivity contribution in [2.24, 2.45) is 7.05 Å². The Morgan fingerprint density at radius 3 is 2.87 bits per heavy atom. The third-order valence-electron chi connectivity index (χ3n) is 2.17. The number of hydrogen-bond donors (Lipinski definition) is 0. The molecule has 0 atom stereocenters. The summed E-state index contributed by atoms with van der Waals surface area (Å²) in [4.78, 5) is 13.2. The van der Waals surface area contributed by atoms with Gasteiger partial charge in [0.15, 0.2) is 0 Å². The van der Waals surface area contributed by atoms with Crippen LogP contribution in [0.15, 0.2) is 6.07 Å². The van der Waals surface area contributed by atoms with E-state index in [-0.39, 0.29) is 12.5 Å². The van der Waals surface area contributed by atoms with Gasteiger partial charge in [0.2, 0.25) is 0 Å². The third-order valence-corrected chi connectivity index (χ3v) is 2.17. The molecule has 0 bridgehead atoms. The Hall–Kier alpha value is -1.83.